The van der Waals surface area contributed by atoms with Gasteiger partial charge in [0.05, 0.1) is 15.1 Å². The van der Waals surface area contributed by atoms with Gasteiger partial charge >= 0.3 is 0 Å². The number of thioether (sulfide) groups is 4. The van der Waals surface area contributed by atoms with Crippen LogP contribution in [0.4, 0.5) is 0 Å². The Morgan fingerprint density at radius 2 is 1.71 bits per heavy atom. The SMILES string of the molecule is C1=CSC(=C2SC=C(COCCCCCCc3ccsc3-c3cccs3)S2)S1. The summed E-state index contributed by atoms with van der Waals surface area (Å²) in [6.45, 7) is 1.63. The van der Waals surface area contributed by atoms with Crippen LogP contribution in [0.2, 0.25) is 0 Å². The number of hydrogen-bond acceptors (Lipinski definition) is 7. The molecule has 7 heteroatoms. The van der Waals surface area contributed by atoms with Crippen LogP contribution >= 0.6 is 69.7 Å². The summed E-state index contributed by atoms with van der Waals surface area (Å²) < 4.78 is 8.72. The fourth-order valence-electron chi connectivity index (χ4n) is 2.95. The standard InChI is InChI=1S/C21H22OS6/c1(3-6-16-8-11-24-19(16)18-7-5-10-23-18)2-4-9-22-14-17-15-27-21(28-17)20-25-12-13-26-20/h5,7-8,10-13,15H,1-4,6,9,14H2. The zero-order chi connectivity index (χ0) is 19.0. The van der Waals surface area contributed by atoms with Crippen molar-refractivity contribution in [3.05, 3.63) is 64.1 Å². The van der Waals surface area contributed by atoms with Gasteiger partial charge in [0.25, 0.3) is 0 Å². The third-order valence-corrected chi connectivity index (χ3v) is 11.4. The molecule has 2 aliphatic heterocycles. The molecule has 0 radical (unpaired) electrons. The van der Waals surface area contributed by atoms with E-state index in [1.165, 1.54) is 54.4 Å². The van der Waals surface area contributed by atoms with Crippen LogP contribution in [0.1, 0.15) is 31.2 Å². The Labute approximate surface area is 192 Å². The maximum atomic E-state index is 5.90. The summed E-state index contributed by atoms with van der Waals surface area (Å²) in [5.74, 6) is 0. The molecule has 0 unspecified atom stereocenters. The molecular weight excluding hydrogens is 461 g/mol. The topological polar surface area (TPSA) is 9.23 Å². The van der Waals surface area contributed by atoms with Gasteiger partial charge in [-0.3, -0.25) is 0 Å². The summed E-state index contributed by atoms with van der Waals surface area (Å²) in [5, 5.41) is 11.0. The first kappa shape index (κ1) is 21.2. The fraction of sp³-hybridized carbons (Fsp3) is 0.333. The zero-order valence-electron chi connectivity index (χ0n) is 15.4. The minimum Gasteiger partial charge on any atom is -0.376 e. The van der Waals surface area contributed by atoms with Gasteiger partial charge in [-0.05, 0) is 63.9 Å². The van der Waals surface area contributed by atoms with E-state index in [0.29, 0.717) is 0 Å². The lowest BCUT2D eigenvalue weighted by Crippen LogP contribution is -1.97. The molecule has 0 bridgehead atoms. The number of aryl methyl sites for hydroxylation is 1. The van der Waals surface area contributed by atoms with Gasteiger partial charge < -0.3 is 4.74 Å². The van der Waals surface area contributed by atoms with Crippen molar-refractivity contribution in [1.82, 2.24) is 0 Å². The molecule has 0 atom stereocenters. The van der Waals surface area contributed by atoms with Crippen LogP contribution in [0.5, 0.6) is 0 Å². The van der Waals surface area contributed by atoms with Crippen LogP contribution in [-0.4, -0.2) is 13.2 Å². The summed E-state index contributed by atoms with van der Waals surface area (Å²) >= 11 is 11.1. The van der Waals surface area contributed by atoms with Crippen molar-refractivity contribution in [2.75, 3.05) is 13.2 Å². The van der Waals surface area contributed by atoms with Crippen LogP contribution < -0.4 is 0 Å². The van der Waals surface area contributed by atoms with Gasteiger partial charge in [0, 0.05) is 21.3 Å². The number of hydrogen-bond donors (Lipinski definition) is 0. The first-order valence-electron chi connectivity index (χ1n) is 9.34. The van der Waals surface area contributed by atoms with Crippen LogP contribution in [0, 0.1) is 0 Å². The first-order chi connectivity index (χ1) is 13.9. The molecule has 28 heavy (non-hydrogen) atoms. The second-order valence-corrected chi connectivity index (χ2v) is 12.6. The van der Waals surface area contributed by atoms with Gasteiger partial charge in [-0.1, -0.05) is 66.0 Å². The fourth-order valence-corrected chi connectivity index (χ4v) is 9.22. The molecule has 0 aromatic carbocycles. The van der Waals surface area contributed by atoms with E-state index >= 15 is 0 Å². The largest absolute Gasteiger partial charge is 0.376 e. The summed E-state index contributed by atoms with van der Waals surface area (Å²) in [6, 6.07) is 6.68. The highest BCUT2D eigenvalue weighted by Crippen LogP contribution is 2.53. The highest BCUT2D eigenvalue weighted by Gasteiger charge is 2.18. The maximum absolute atomic E-state index is 5.90. The zero-order valence-corrected chi connectivity index (χ0v) is 20.3. The first-order valence-corrected chi connectivity index (χ1v) is 14.6. The smallest absolute Gasteiger partial charge is 0.0784 e. The van der Waals surface area contributed by atoms with Gasteiger partial charge in [0.2, 0.25) is 0 Å². The van der Waals surface area contributed by atoms with Crippen molar-refractivity contribution in [1.29, 1.82) is 0 Å². The predicted molar refractivity (Wildman–Crippen MR) is 135 cm³/mol. The van der Waals surface area contributed by atoms with Crippen molar-refractivity contribution < 1.29 is 4.74 Å². The molecule has 2 aliphatic rings. The number of unbranched alkanes of at least 4 members (excludes halogenated alkanes) is 3. The number of rotatable bonds is 10. The Kier molecular flexibility index (Phi) is 8.63. The molecule has 0 saturated carbocycles. The van der Waals surface area contributed by atoms with Gasteiger partial charge in [-0.15, -0.1) is 22.7 Å². The quantitative estimate of drug-likeness (QED) is 0.311. The van der Waals surface area contributed by atoms with Crippen molar-refractivity contribution in [2.45, 2.75) is 32.1 Å². The van der Waals surface area contributed by atoms with E-state index < -0.39 is 0 Å². The summed E-state index contributed by atoms with van der Waals surface area (Å²) in [5.41, 5.74) is 1.52. The van der Waals surface area contributed by atoms with E-state index in [4.69, 9.17) is 4.74 Å². The molecular formula is C21H22OS6. The van der Waals surface area contributed by atoms with E-state index in [2.05, 4.69) is 45.2 Å². The Morgan fingerprint density at radius 3 is 2.57 bits per heavy atom. The van der Waals surface area contributed by atoms with E-state index in [1.807, 2.05) is 69.7 Å². The third kappa shape index (κ3) is 6.00. The van der Waals surface area contributed by atoms with Crippen LogP contribution in [0.25, 0.3) is 9.75 Å². The lowest BCUT2D eigenvalue weighted by Gasteiger charge is -2.06. The second kappa shape index (κ2) is 11.4. The molecule has 0 saturated heterocycles. The van der Waals surface area contributed by atoms with Gasteiger partial charge in [0.15, 0.2) is 0 Å². The second-order valence-electron chi connectivity index (χ2n) is 6.36. The summed E-state index contributed by atoms with van der Waals surface area (Å²) in [4.78, 5) is 4.23. The highest BCUT2D eigenvalue weighted by atomic mass is 32.2. The van der Waals surface area contributed by atoms with Crippen molar-refractivity contribution in [3.8, 4) is 9.75 Å². The number of ether oxygens (including phenoxy) is 1. The highest BCUT2D eigenvalue weighted by molar-refractivity contribution is 8.33. The van der Waals surface area contributed by atoms with E-state index in [-0.39, 0.29) is 0 Å². The monoisotopic (exact) mass is 482 g/mol. The molecule has 0 spiro atoms. The third-order valence-electron chi connectivity index (χ3n) is 4.31. The predicted octanol–water partition coefficient (Wildman–Crippen LogP) is 9.00. The Hall–Kier alpha value is -0.0200. The molecule has 2 aromatic rings. The maximum Gasteiger partial charge on any atom is 0.0784 e. The van der Waals surface area contributed by atoms with E-state index in [0.717, 1.165) is 19.6 Å². The summed E-state index contributed by atoms with van der Waals surface area (Å²) in [6.07, 6.45) is 6.17. The molecule has 2 aromatic heterocycles. The Bertz CT molecular complexity index is 836. The van der Waals surface area contributed by atoms with Gasteiger partial charge in [-0.2, -0.15) is 0 Å². The van der Waals surface area contributed by atoms with Crippen LogP contribution in [0.3, 0.4) is 0 Å². The van der Waals surface area contributed by atoms with Crippen molar-refractivity contribution >= 4 is 69.7 Å². The minimum atomic E-state index is 0.760. The molecule has 4 rings (SSSR count). The van der Waals surface area contributed by atoms with Crippen molar-refractivity contribution in [2.24, 2.45) is 0 Å². The molecule has 148 valence electrons. The summed E-state index contributed by atoms with van der Waals surface area (Å²) in [7, 11) is 0. The van der Waals surface area contributed by atoms with Crippen LogP contribution in [-0.2, 0) is 11.2 Å². The molecule has 0 amide bonds. The van der Waals surface area contributed by atoms with E-state index in [9.17, 15) is 0 Å². The lowest BCUT2D eigenvalue weighted by molar-refractivity contribution is 0.155. The molecule has 0 aliphatic carbocycles. The van der Waals surface area contributed by atoms with Crippen molar-refractivity contribution in [3.63, 3.8) is 0 Å². The average Bonchev–Trinajstić information content (AvgIpc) is 3.49. The average molecular weight is 483 g/mol. The van der Waals surface area contributed by atoms with E-state index in [1.54, 1.807) is 0 Å². The number of thiophene rings is 2. The molecule has 0 N–H and O–H groups in total. The minimum absolute atomic E-state index is 0.760. The molecule has 1 nitrogen and oxygen atoms in total. The molecule has 0 fully saturated rings. The van der Waals surface area contributed by atoms with Crippen LogP contribution in [0.15, 0.2) is 58.6 Å². The normalized spacial score (nSPS) is 16.4. The lowest BCUT2D eigenvalue weighted by atomic mass is 10.1. The molecule has 4 heterocycles. The Balaban J connectivity index is 1.06. The Morgan fingerprint density at radius 1 is 0.821 bits per heavy atom. The van der Waals surface area contributed by atoms with Gasteiger partial charge in [-0.25, -0.2) is 0 Å². The van der Waals surface area contributed by atoms with Gasteiger partial charge in [0.1, 0.15) is 0 Å².